The number of ether oxygens (including phenoxy) is 2. The second kappa shape index (κ2) is 15.1. The van der Waals surface area contributed by atoms with Crippen molar-refractivity contribution >= 4 is 11.9 Å². The fourth-order valence-corrected chi connectivity index (χ4v) is 3.80. The monoisotopic (exact) mass is 442 g/mol. The molecule has 2 aromatic rings. The molecule has 0 aromatic carbocycles. The highest BCUT2D eigenvalue weighted by Gasteiger charge is 2.11. The standard InChI is InChI=1S/C26H38N2O4/c1-31-25(29)23-15-13-19-27(21-23)17-11-9-7-5-3-4-6-8-10-12-18-28-20-14-16-24(22-28)26(30)32-2/h13-16,19-22H,3-12,17-18H2,1-2H3/q+2. The third-order valence-corrected chi connectivity index (χ3v) is 5.64. The minimum Gasteiger partial charge on any atom is -0.465 e. The van der Waals surface area contributed by atoms with Gasteiger partial charge in [0.2, 0.25) is 0 Å². The van der Waals surface area contributed by atoms with Crippen LogP contribution < -0.4 is 9.13 Å². The van der Waals surface area contributed by atoms with Crippen LogP contribution in [0.5, 0.6) is 0 Å². The number of methoxy groups -OCH3 is 2. The first-order valence-electron chi connectivity index (χ1n) is 11.8. The summed E-state index contributed by atoms with van der Waals surface area (Å²) in [4.78, 5) is 23.2. The molecule has 0 radical (unpaired) electrons. The van der Waals surface area contributed by atoms with Crippen LogP contribution in [-0.2, 0) is 22.6 Å². The molecule has 0 aliphatic rings. The Kier molecular flexibility index (Phi) is 12.0. The van der Waals surface area contributed by atoms with Crippen LogP contribution in [0, 0.1) is 0 Å². The van der Waals surface area contributed by atoms with Crippen LogP contribution in [-0.4, -0.2) is 26.2 Å². The maximum atomic E-state index is 11.6. The maximum Gasteiger partial charge on any atom is 0.343 e. The molecular weight excluding hydrogens is 404 g/mol. The number of carbonyl (C=O) groups excluding carboxylic acids is 2. The van der Waals surface area contributed by atoms with E-state index in [0.717, 1.165) is 25.9 Å². The first-order chi connectivity index (χ1) is 15.6. The molecule has 0 unspecified atom stereocenters. The molecule has 174 valence electrons. The van der Waals surface area contributed by atoms with Crippen molar-refractivity contribution in [3.63, 3.8) is 0 Å². The summed E-state index contributed by atoms with van der Waals surface area (Å²) in [5.41, 5.74) is 1.20. The Balaban J connectivity index is 1.44. The third kappa shape index (κ3) is 9.58. The first kappa shape index (κ1) is 25.5. The SMILES string of the molecule is COC(=O)c1ccc[n+](CCCCCCCCCCCC[n+]2cccc(C(=O)OC)c2)c1. The first-order valence-corrected chi connectivity index (χ1v) is 11.8. The van der Waals surface area contributed by atoms with Crippen LogP contribution in [0.15, 0.2) is 49.1 Å². The Hall–Kier alpha value is -2.76. The van der Waals surface area contributed by atoms with Gasteiger partial charge in [-0.2, -0.15) is 0 Å². The number of nitrogens with zero attached hydrogens (tertiary/aromatic N) is 2. The lowest BCUT2D eigenvalue weighted by Gasteiger charge is -2.03. The fraction of sp³-hybridized carbons (Fsp3) is 0.538. The van der Waals surface area contributed by atoms with E-state index < -0.39 is 0 Å². The molecule has 0 fully saturated rings. The summed E-state index contributed by atoms with van der Waals surface area (Å²) in [6.45, 7) is 1.87. The molecule has 0 atom stereocenters. The average molecular weight is 443 g/mol. The van der Waals surface area contributed by atoms with Crippen molar-refractivity contribution in [1.82, 2.24) is 0 Å². The van der Waals surface area contributed by atoms with Crippen LogP contribution in [0.3, 0.4) is 0 Å². The molecule has 32 heavy (non-hydrogen) atoms. The highest BCUT2D eigenvalue weighted by atomic mass is 16.5. The van der Waals surface area contributed by atoms with Crippen molar-refractivity contribution in [2.45, 2.75) is 77.3 Å². The van der Waals surface area contributed by atoms with Gasteiger partial charge >= 0.3 is 11.9 Å². The molecule has 6 nitrogen and oxygen atoms in total. The predicted molar refractivity (Wildman–Crippen MR) is 122 cm³/mol. The zero-order valence-corrected chi connectivity index (χ0v) is 19.6. The highest BCUT2D eigenvalue weighted by molar-refractivity contribution is 5.88. The molecule has 2 heterocycles. The Labute approximate surface area is 192 Å². The second-order valence-electron chi connectivity index (χ2n) is 8.18. The molecule has 6 heteroatoms. The molecule has 0 saturated heterocycles. The molecular formula is C26H38N2O4+2. The number of unbranched alkanes of at least 4 members (excludes halogenated alkanes) is 9. The highest BCUT2D eigenvalue weighted by Crippen LogP contribution is 2.11. The van der Waals surface area contributed by atoms with E-state index in [0.29, 0.717) is 11.1 Å². The van der Waals surface area contributed by atoms with Crippen LogP contribution in [0.1, 0.15) is 84.9 Å². The summed E-state index contributed by atoms with van der Waals surface area (Å²) in [6, 6.07) is 7.35. The van der Waals surface area contributed by atoms with Crippen LogP contribution in [0.2, 0.25) is 0 Å². The Morgan fingerprint density at radius 1 is 0.625 bits per heavy atom. The van der Waals surface area contributed by atoms with Gasteiger partial charge in [0.25, 0.3) is 0 Å². The zero-order chi connectivity index (χ0) is 23.0. The van der Waals surface area contributed by atoms with Crippen molar-refractivity contribution in [1.29, 1.82) is 0 Å². The number of aromatic nitrogens is 2. The molecule has 0 aliphatic heterocycles. The van der Waals surface area contributed by atoms with Crippen LogP contribution in [0.4, 0.5) is 0 Å². The van der Waals surface area contributed by atoms with E-state index in [4.69, 9.17) is 9.47 Å². The predicted octanol–water partition coefficient (Wildman–Crippen LogP) is 4.44. The zero-order valence-electron chi connectivity index (χ0n) is 19.6. The number of aryl methyl sites for hydroxylation is 2. The lowest BCUT2D eigenvalue weighted by molar-refractivity contribution is -0.697. The molecule has 0 amide bonds. The second-order valence-corrected chi connectivity index (χ2v) is 8.18. The number of rotatable bonds is 15. The van der Waals surface area contributed by atoms with E-state index in [1.54, 1.807) is 12.1 Å². The van der Waals surface area contributed by atoms with Crippen molar-refractivity contribution in [3.05, 3.63) is 60.2 Å². The van der Waals surface area contributed by atoms with Gasteiger partial charge in [-0.15, -0.1) is 0 Å². The lowest BCUT2D eigenvalue weighted by Crippen LogP contribution is -2.33. The molecule has 2 rings (SSSR count). The summed E-state index contributed by atoms with van der Waals surface area (Å²) >= 11 is 0. The molecule has 0 N–H and O–H groups in total. The number of hydrogen-bond acceptors (Lipinski definition) is 4. The van der Waals surface area contributed by atoms with E-state index >= 15 is 0 Å². The Bertz CT molecular complexity index is 769. The molecule has 0 aliphatic carbocycles. The van der Waals surface area contributed by atoms with Gasteiger partial charge in [-0.3, -0.25) is 0 Å². The number of carbonyl (C=O) groups is 2. The average Bonchev–Trinajstić information content (AvgIpc) is 2.84. The summed E-state index contributed by atoms with van der Waals surface area (Å²) in [5.74, 6) is -0.572. The van der Waals surface area contributed by atoms with Crippen molar-refractivity contribution in [2.24, 2.45) is 0 Å². The van der Waals surface area contributed by atoms with Gasteiger partial charge in [-0.05, 0) is 25.0 Å². The summed E-state index contributed by atoms with van der Waals surface area (Å²) < 4.78 is 13.7. The van der Waals surface area contributed by atoms with Gasteiger partial charge in [0.05, 0.1) is 14.2 Å². The number of esters is 2. The summed E-state index contributed by atoms with van der Waals surface area (Å²) in [6.07, 6.45) is 20.2. The normalized spacial score (nSPS) is 10.7. The van der Waals surface area contributed by atoms with Gasteiger partial charge in [-0.25, -0.2) is 18.7 Å². The van der Waals surface area contributed by atoms with Crippen molar-refractivity contribution < 1.29 is 28.2 Å². The Morgan fingerprint density at radius 2 is 0.969 bits per heavy atom. The smallest absolute Gasteiger partial charge is 0.343 e. The minimum absolute atomic E-state index is 0.286. The van der Waals surface area contributed by atoms with Gasteiger partial charge in [-0.1, -0.05) is 38.5 Å². The van der Waals surface area contributed by atoms with E-state index in [1.807, 2.05) is 36.9 Å². The topological polar surface area (TPSA) is 60.4 Å². The molecule has 0 saturated carbocycles. The minimum atomic E-state index is -0.286. The van der Waals surface area contributed by atoms with E-state index in [2.05, 4.69) is 9.13 Å². The summed E-state index contributed by atoms with van der Waals surface area (Å²) in [5, 5.41) is 0. The van der Waals surface area contributed by atoms with Gasteiger partial charge in [0.15, 0.2) is 24.8 Å². The summed E-state index contributed by atoms with van der Waals surface area (Å²) in [7, 11) is 2.82. The largest absolute Gasteiger partial charge is 0.465 e. The third-order valence-electron chi connectivity index (χ3n) is 5.64. The van der Waals surface area contributed by atoms with Crippen LogP contribution >= 0.6 is 0 Å². The lowest BCUT2D eigenvalue weighted by atomic mass is 10.1. The van der Waals surface area contributed by atoms with E-state index in [1.165, 1.54) is 65.6 Å². The van der Waals surface area contributed by atoms with Gasteiger partial charge < -0.3 is 9.47 Å². The molecule has 0 bridgehead atoms. The van der Waals surface area contributed by atoms with Crippen molar-refractivity contribution in [3.8, 4) is 0 Å². The van der Waals surface area contributed by atoms with Gasteiger partial charge in [0.1, 0.15) is 24.2 Å². The van der Waals surface area contributed by atoms with Crippen LogP contribution in [0.25, 0.3) is 0 Å². The van der Waals surface area contributed by atoms with Crippen molar-refractivity contribution in [2.75, 3.05) is 14.2 Å². The van der Waals surface area contributed by atoms with E-state index in [9.17, 15) is 9.59 Å². The van der Waals surface area contributed by atoms with E-state index in [-0.39, 0.29) is 11.9 Å². The fourth-order valence-electron chi connectivity index (χ4n) is 3.80. The number of hydrogen-bond donors (Lipinski definition) is 0. The quantitative estimate of drug-likeness (QED) is 0.232. The number of pyridine rings is 2. The molecule has 2 aromatic heterocycles. The Morgan fingerprint density at radius 3 is 1.31 bits per heavy atom. The molecule has 0 spiro atoms. The maximum absolute atomic E-state index is 11.6. The van der Waals surface area contributed by atoms with Gasteiger partial charge in [0, 0.05) is 25.0 Å².